The van der Waals surface area contributed by atoms with Crippen LogP contribution in [0.5, 0.6) is 5.75 Å². The number of nitrogens with one attached hydrogen (secondary N) is 2. The predicted octanol–water partition coefficient (Wildman–Crippen LogP) is 2.12. The van der Waals surface area contributed by atoms with E-state index in [-0.39, 0.29) is 5.91 Å². The highest BCUT2D eigenvalue weighted by molar-refractivity contribution is 7.80. The molecule has 2 N–H and O–H groups in total. The van der Waals surface area contributed by atoms with E-state index in [0.29, 0.717) is 42.8 Å². The normalized spacial score (nSPS) is 10.0. The third-order valence-electron chi connectivity index (χ3n) is 2.61. The number of amides is 1. The zero-order chi connectivity index (χ0) is 15.5. The van der Waals surface area contributed by atoms with Gasteiger partial charge in [-0.25, -0.2) is 0 Å². The van der Waals surface area contributed by atoms with E-state index in [1.54, 1.807) is 18.2 Å². The van der Waals surface area contributed by atoms with E-state index in [9.17, 15) is 4.79 Å². The fraction of sp³-hybridized carbons (Fsp3) is 0.467. The molecule has 0 bridgehead atoms. The van der Waals surface area contributed by atoms with Gasteiger partial charge in [0, 0.05) is 19.8 Å². The number of ether oxygens (including phenoxy) is 2. The summed E-state index contributed by atoms with van der Waals surface area (Å²) in [6.07, 6.45) is 0.833. The molecule has 0 radical (unpaired) electrons. The minimum Gasteiger partial charge on any atom is -0.493 e. The number of hydrogen-bond acceptors (Lipinski definition) is 4. The van der Waals surface area contributed by atoms with Crippen LogP contribution in [0.1, 0.15) is 30.6 Å². The highest BCUT2D eigenvalue weighted by Crippen LogP contribution is 2.17. The monoisotopic (exact) mass is 310 g/mol. The van der Waals surface area contributed by atoms with E-state index in [0.717, 1.165) is 6.42 Å². The molecule has 0 saturated carbocycles. The molecule has 1 amide bonds. The molecule has 6 heteroatoms. The number of para-hydroxylation sites is 1. The quantitative estimate of drug-likeness (QED) is 0.569. The molecule has 0 spiro atoms. The summed E-state index contributed by atoms with van der Waals surface area (Å²) >= 11 is 5.09. The van der Waals surface area contributed by atoms with Crippen molar-refractivity contribution in [1.82, 2.24) is 10.6 Å². The van der Waals surface area contributed by atoms with E-state index in [1.807, 2.05) is 19.9 Å². The van der Waals surface area contributed by atoms with Crippen LogP contribution >= 0.6 is 12.2 Å². The van der Waals surface area contributed by atoms with Crippen LogP contribution in [0.3, 0.4) is 0 Å². The zero-order valence-corrected chi connectivity index (χ0v) is 13.3. The van der Waals surface area contributed by atoms with Gasteiger partial charge in [0.15, 0.2) is 5.11 Å². The van der Waals surface area contributed by atoms with E-state index < -0.39 is 0 Å². The van der Waals surface area contributed by atoms with Crippen LogP contribution in [-0.4, -0.2) is 37.4 Å². The standard InChI is InChI=1S/C15H22N2O3S/c1-3-19-11-7-10-16-15(21)17-14(18)12-8-5-6-9-13(12)20-4-2/h5-6,8-9H,3-4,7,10-11H2,1-2H3,(H2,16,17,18,21). The predicted molar refractivity (Wildman–Crippen MR) is 86.8 cm³/mol. The number of benzene rings is 1. The van der Waals surface area contributed by atoms with Crippen LogP contribution in [0, 0.1) is 0 Å². The Bertz CT molecular complexity index is 466. The second-order valence-electron chi connectivity index (χ2n) is 4.19. The first-order valence-corrected chi connectivity index (χ1v) is 7.48. The van der Waals surface area contributed by atoms with Crippen LogP contribution < -0.4 is 15.4 Å². The molecule has 0 heterocycles. The van der Waals surface area contributed by atoms with Crippen molar-refractivity contribution < 1.29 is 14.3 Å². The topological polar surface area (TPSA) is 59.6 Å². The van der Waals surface area contributed by atoms with Crippen molar-refractivity contribution in [3.8, 4) is 5.75 Å². The Morgan fingerprint density at radius 2 is 2.00 bits per heavy atom. The van der Waals surface area contributed by atoms with Crippen molar-refractivity contribution in [3.05, 3.63) is 29.8 Å². The van der Waals surface area contributed by atoms with Crippen molar-refractivity contribution in [2.75, 3.05) is 26.4 Å². The Hall–Kier alpha value is -1.66. The lowest BCUT2D eigenvalue weighted by atomic mass is 10.2. The molecule has 1 rings (SSSR count). The summed E-state index contributed by atoms with van der Waals surface area (Å²) in [6, 6.07) is 7.08. The van der Waals surface area contributed by atoms with Crippen LogP contribution in [-0.2, 0) is 4.74 Å². The molecule has 5 nitrogen and oxygen atoms in total. The van der Waals surface area contributed by atoms with Gasteiger partial charge in [0.2, 0.25) is 0 Å². The first-order valence-electron chi connectivity index (χ1n) is 7.07. The summed E-state index contributed by atoms with van der Waals surface area (Å²) in [4.78, 5) is 12.1. The fourth-order valence-corrected chi connectivity index (χ4v) is 1.87. The number of hydrogen-bond donors (Lipinski definition) is 2. The molecule has 0 atom stereocenters. The summed E-state index contributed by atoms with van der Waals surface area (Å²) in [5.41, 5.74) is 0.470. The van der Waals surface area contributed by atoms with Gasteiger partial charge in [0.05, 0.1) is 12.2 Å². The van der Waals surface area contributed by atoms with Crippen LogP contribution in [0.2, 0.25) is 0 Å². The van der Waals surface area contributed by atoms with Gasteiger partial charge in [0.25, 0.3) is 5.91 Å². The third kappa shape index (κ3) is 6.55. The minimum atomic E-state index is -0.277. The van der Waals surface area contributed by atoms with Crippen LogP contribution in [0.25, 0.3) is 0 Å². The highest BCUT2D eigenvalue weighted by atomic mass is 32.1. The largest absolute Gasteiger partial charge is 0.493 e. The Morgan fingerprint density at radius 3 is 2.71 bits per heavy atom. The highest BCUT2D eigenvalue weighted by Gasteiger charge is 2.12. The lowest BCUT2D eigenvalue weighted by Gasteiger charge is -2.12. The number of carbonyl (C=O) groups is 1. The van der Waals surface area contributed by atoms with E-state index in [2.05, 4.69) is 10.6 Å². The summed E-state index contributed by atoms with van der Waals surface area (Å²) in [6.45, 7) is 6.37. The van der Waals surface area contributed by atoms with Gasteiger partial charge in [-0.15, -0.1) is 0 Å². The molecular formula is C15H22N2O3S. The maximum atomic E-state index is 12.1. The molecule has 21 heavy (non-hydrogen) atoms. The van der Waals surface area contributed by atoms with Gasteiger partial charge in [-0.2, -0.15) is 0 Å². The average Bonchev–Trinajstić information content (AvgIpc) is 2.48. The van der Waals surface area contributed by atoms with Gasteiger partial charge < -0.3 is 14.8 Å². The first kappa shape index (κ1) is 17.4. The summed E-state index contributed by atoms with van der Waals surface area (Å²) in [7, 11) is 0. The summed E-state index contributed by atoms with van der Waals surface area (Å²) in [5, 5.41) is 5.93. The molecule has 1 aromatic carbocycles. The molecule has 0 saturated heterocycles. The smallest absolute Gasteiger partial charge is 0.261 e. The van der Waals surface area contributed by atoms with Gasteiger partial charge in [-0.05, 0) is 44.6 Å². The van der Waals surface area contributed by atoms with Gasteiger partial charge in [-0.1, -0.05) is 12.1 Å². The minimum absolute atomic E-state index is 0.277. The van der Waals surface area contributed by atoms with Gasteiger partial charge >= 0.3 is 0 Å². The third-order valence-corrected chi connectivity index (χ3v) is 2.86. The van der Waals surface area contributed by atoms with Gasteiger partial charge in [-0.3, -0.25) is 10.1 Å². The Labute approximate surface area is 131 Å². The van der Waals surface area contributed by atoms with Crippen molar-refractivity contribution in [3.63, 3.8) is 0 Å². The lowest BCUT2D eigenvalue weighted by Crippen LogP contribution is -2.40. The summed E-state index contributed by atoms with van der Waals surface area (Å²) in [5.74, 6) is 0.276. The molecule has 0 fully saturated rings. The number of carbonyl (C=O) groups excluding carboxylic acids is 1. The molecule has 1 aromatic rings. The Morgan fingerprint density at radius 1 is 1.24 bits per heavy atom. The first-order chi connectivity index (χ1) is 10.2. The van der Waals surface area contributed by atoms with E-state index in [1.165, 1.54) is 0 Å². The molecule has 0 unspecified atom stereocenters. The molecule has 0 aliphatic heterocycles. The van der Waals surface area contributed by atoms with E-state index >= 15 is 0 Å². The fourth-order valence-electron chi connectivity index (χ4n) is 1.67. The molecule has 0 aliphatic rings. The van der Waals surface area contributed by atoms with Crippen molar-refractivity contribution in [2.45, 2.75) is 20.3 Å². The molecule has 116 valence electrons. The second-order valence-corrected chi connectivity index (χ2v) is 4.60. The maximum absolute atomic E-state index is 12.1. The van der Waals surface area contributed by atoms with Crippen LogP contribution in [0.4, 0.5) is 0 Å². The van der Waals surface area contributed by atoms with Crippen molar-refractivity contribution in [1.29, 1.82) is 0 Å². The van der Waals surface area contributed by atoms with Crippen LogP contribution in [0.15, 0.2) is 24.3 Å². The SMILES string of the molecule is CCOCCCNC(=S)NC(=O)c1ccccc1OCC. The van der Waals surface area contributed by atoms with Crippen molar-refractivity contribution >= 4 is 23.2 Å². The van der Waals surface area contributed by atoms with E-state index in [4.69, 9.17) is 21.7 Å². The second kappa shape index (κ2) is 10.1. The Balaban J connectivity index is 2.44. The number of thiocarbonyl (C=S) groups is 1. The Kier molecular flexibility index (Phi) is 8.38. The molecule has 0 aliphatic carbocycles. The number of rotatable bonds is 8. The molecule has 0 aromatic heterocycles. The maximum Gasteiger partial charge on any atom is 0.261 e. The zero-order valence-electron chi connectivity index (χ0n) is 12.5. The summed E-state index contributed by atoms with van der Waals surface area (Å²) < 4.78 is 10.6. The van der Waals surface area contributed by atoms with Crippen molar-refractivity contribution in [2.24, 2.45) is 0 Å². The average molecular weight is 310 g/mol. The van der Waals surface area contributed by atoms with Gasteiger partial charge in [0.1, 0.15) is 5.75 Å². The molecular weight excluding hydrogens is 288 g/mol. The lowest BCUT2D eigenvalue weighted by molar-refractivity contribution is 0.0973.